The van der Waals surface area contributed by atoms with Gasteiger partial charge >= 0.3 is 6.03 Å². The first-order chi connectivity index (χ1) is 11.9. The van der Waals surface area contributed by atoms with Crippen LogP contribution in [-0.2, 0) is 12.6 Å². The van der Waals surface area contributed by atoms with Gasteiger partial charge in [-0.25, -0.2) is 4.79 Å². The van der Waals surface area contributed by atoms with Crippen molar-refractivity contribution in [1.29, 1.82) is 0 Å². The van der Waals surface area contributed by atoms with Crippen molar-refractivity contribution in [3.05, 3.63) is 35.9 Å². The van der Waals surface area contributed by atoms with Crippen molar-refractivity contribution in [2.45, 2.75) is 32.4 Å². The molecule has 3 rings (SSSR count). The van der Waals surface area contributed by atoms with E-state index in [-0.39, 0.29) is 12.1 Å². The maximum atomic E-state index is 12.4. The van der Waals surface area contributed by atoms with Crippen LogP contribution in [0.3, 0.4) is 0 Å². The topological polar surface area (TPSA) is 90.3 Å². The zero-order valence-electron chi connectivity index (χ0n) is 14.9. The number of aromatic nitrogens is 3. The van der Waals surface area contributed by atoms with E-state index in [1.807, 2.05) is 46.0 Å². The van der Waals surface area contributed by atoms with Crippen LogP contribution >= 0.6 is 0 Å². The van der Waals surface area contributed by atoms with Crippen LogP contribution in [-0.4, -0.2) is 34.0 Å². The minimum absolute atomic E-state index is 0.261. The Morgan fingerprint density at radius 2 is 2.00 bits per heavy atom. The van der Waals surface area contributed by atoms with Crippen molar-refractivity contribution < 1.29 is 14.3 Å². The third kappa shape index (κ3) is 3.67. The SMILES string of the molecule is C[C@@H](NC(=O)NC(C)(C)c1ccc2c(c1)OCCO2)c1nncn1C. The second-order valence-electron chi connectivity index (χ2n) is 6.60. The predicted octanol–water partition coefficient (Wildman–Crippen LogP) is 1.88. The first-order valence-corrected chi connectivity index (χ1v) is 8.19. The van der Waals surface area contributed by atoms with Crippen molar-refractivity contribution in [2.75, 3.05) is 13.2 Å². The second-order valence-corrected chi connectivity index (χ2v) is 6.60. The number of rotatable bonds is 4. The molecule has 2 amide bonds. The summed E-state index contributed by atoms with van der Waals surface area (Å²) in [6.07, 6.45) is 1.60. The molecule has 134 valence electrons. The Bertz CT molecular complexity index is 771. The van der Waals surface area contributed by atoms with Gasteiger partial charge in [-0.3, -0.25) is 0 Å². The number of nitrogens with zero attached hydrogens (tertiary/aromatic N) is 3. The van der Waals surface area contributed by atoms with Crippen LogP contribution in [0.4, 0.5) is 4.79 Å². The van der Waals surface area contributed by atoms with Gasteiger partial charge in [-0.1, -0.05) is 6.07 Å². The summed E-state index contributed by atoms with van der Waals surface area (Å²) >= 11 is 0. The average molecular weight is 345 g/mol. The molecule has 0 saturated carbocycles. The maximum absolute atomic E-state index is 12.4. The number of hydrogen-bond donors (Lipinski definition) is 2. The number of ether oxygens (including phenoxy) is 2. The van der Waals surface area contributed by atoms with Crippen LogP contribution in [0.2, 0.25) is 0 Å². The van der Waals surface area contributed by atoms with Gasteiger partial charge in [0.15, 0.2) is 17.3 Å². The fourth-order valence-corrected chi connectivity index (χ4v) is 2.77. The van der Waals surface area contributed by atoms with Gasteiger partial charge < -0.3 is 24.7 Å². The molecule has 1 aromatic heterocycles. The van der Waals surface area contributed by atoms with Gasteiger partial charge in [0.2, 0.25) is 0 Å². The lowest BCUT2D eigenvalue weighted by Gasteiger charge is -2.29. The number of benzene rings is 1. The molecule has 1 aliphatic rings. The van der Waals surface area contributed by atoms with Crippen LogP contribution in [0.25, 0.3) is 0 Å². The van der Waals surface area contributed by atoms with Crippen LogP contribution < -0.4 is 20.1 Å². The molecular weight excluding hydrogens is 322 g/mol. The van der Waals surface area contributed by atoms with Gasteiger partial charge in [0.1, 0.15) is 19.5 Å². The average Bonchev–Trinajstić information content (AvgIpc) is 3.00. The third-order valence-electron chi connectivity index (χ3n) is 4.17. The van der Waals surface area contributed by atoms with E-state index in [4.69, 9.17) is 9.47 Å². The van der Waals surface area contributed by atoms with Gasteiger partial charge in [0.05, 0.1) is 11.6 Å². The van der Waals surface area contributed by atoms with Crippen LogP contribution in [0.15, 0.2) is 24.5 Å². The zero-order chi connectivity index (χ0) is 18.0. The summed E-state index contributed by atoms with van der Waals surface area (Å²) in [6.45, 7) is 6.81. The predicted molar refractivity (Wildman–Crippen MR) is 91.5 cm³/mol. The second kappa shape index (κ2) is 6.62. The number of carbonyl (C=O) groups is 1. The molecule has 0 fully saturated rings. The van der Waals surface area contributed by atoms with Crippen LogP contribution in [0, 0.1) is 0 Å². The molecule has 2 heterocycles. The highest BCUT2D eigenvalue weighted by Crippen LogP contribution is 2.34. The number of aryl methyl sites for hydroxylation is 1. The van der Waals surface area contributed by atoms with E-state index >= 15 is 0 Å². The molecule has 1 aliphatic heterocycles. The van der Waals surface area contributed by atoms with Crippen molar-refractivity contribution in [3.8, 4) is 11.5 Å². The lowest BCUT2D eigenvalue weighted by molar-refractivity contribution is 0.171. The molecule has 8 heteroatoms. The molecule has 0 spiro atoms. The van der Waals surface area contributed by atoms with Gasteiger partial charge in [-0.2, -0.15) is 0 Å². The van der Waals surface area contributed by atoms with E-state index in [0.717, 1.165) is 11.3 Å². The smallest absolute Gasteiger partial charge is 0.316 e. The highest BCUT2D eigenvalue weighted by molar-refractivity contribution is 5.75. The van der Waals surface area contributed by atoms with E-state index in [9.17, 15) is 4.79 Å². The number of fused-ring (bicyclic) bond motifs is 1. The van der Waals surface area contributed by atoms with Crippen molar-refractivity contribution in [3.63, 3.8) is 0 Å². The highest BCUT2D eigenvalue weighted by Gasteiger charge is 2.26. The molecular formula is C17H23N5O3. The molecule has 1 atom stereocenters. The Morgan fingerprint density at radius 1 is 1.28 bits per heavy atom. The number of amides is 2. The van der Waals surface area contributed by atoms with Gasteiger partial charge in [-0.15, -0.1) is 10.2 Å². The Labute approximate surface area is 146 Å². The van der Waals surface area contributed by atoms with Crippen LogP contribution in [0.5, 0.6) is 11.5 Å². The standard InChI is InChI=1S/C17H23N5O3/c1-11(15-21-18-10-22(15)4)19-16(23)20-17(2,3)12-5-6-13-14(9-12)25-8-7-24-13/h5-6,9-11H,7-8H2,1-4H3,(H2,19,20,23)/t11-/m1/s1. The van der Waals surface area contributed by atoms with Gasteiger partial charge in [0.25, 0.3) is 0 Å². The summed E-state index contributed by atoms with van der Waals surface area (Å²) in [4.78, 5) is 12.4. The Morgan fingerprint density at radius 3 is 2.68 bits per heavy atom. The number of hydrogen-bond acceptors (Lipinski definition) is 5. The molecule has 0 radical (unpaired) electrons. The fourth-order valence-electron chi connectivity index (χ4n) is 2.77. The van der Waals surface area contributed by atoms with E-state index in [1.54, 1.807) is 10.9 Å². The molecule has 25 heavy (non-hydrogen) atoms. The van der Waals surface area contributed by atoms with Gasteiger partial charge in [-0.05, 0) is 38.5 Å². The summed E-state index contributed by atoms with van der Waals surface area (Å²) in [7, 11) is 1.84. The fraction of sp³-hybridized carbons (Fsp3) is 0.471. The van der Waals surface area contributed by atoms with E-state index in [1.165, 1.54) is 0 Å². The van der Waals surface area contributed by atoms with Crippen LogP contribution in [0.1, 0.15) is 38.2 Å². The molecule has 0 bridgehead atoms. The van der Waals surface area contributed by atoms with E-state index in [2.05, 4.69) is 20.8 Å². The maximum Gasteiger partial charge on any atom is 0.316 e. The summed E-state index contributed by atoms with van der Waals surface area (Å²) < 4.78 is 12.9. The van der Waals surface area contributed by atoms with E-state index in [0.29, 0.717) is 24.8 Å². The van der Waals surface area contributed by atoms with Gasteiger partial charge in [0, 0.05) is 7.05 Å². The number of carbonyl (C=O) groups excluding carboxylic acids is 1. The van der Waals surface area contributed by atoms with Crippen molar-refractivity contribution in [1.82, 2.24) is 25.4 Å². The number of urea groups is 1. The molecule has 2 aromatic rings. The summed E-state index contributed by atoms with van der Waals surface area (Å²) in [6, 6.07) is 5.16. The normalized spacial score (nSPS) is 14.7. The lowest BCUT2D eigenvalue weighted by Crippen LogP contribution is -2.47. The summed E-state index contributed by atoms with van der Waals surface area (Å²) in [5.41, 5.74) is 0.345. The lowest BCUT2D eigenvalue weighted by atomic mass is 9.94. The van der Waals surface area contributed by atoms with E-state index < -0.39 is 5.54 Å². The summed E-state index contributed by atoms with van der Waals surface area (Å²) in [5, 5.41) is 13.7. The minimum atomic E-state index is -0.584. The largest absolute Gasteiger partial charge is 0.486 e. The molecule has 2 N–H and O–H groups in total. The Hall–Kier alpha value is -2.77. The Balaban J connectivity index is 1.68. The first-order valence-electron chi connectivity index (χ1n) is 8.19. The summed E-state index contributed by atoms with van der Waals surface area (Å²) in [5.74, 6) is 2.12. The van der Waals surface area contributed by atoms with Crippen molar-refractivity contribution in [2.24, 2.45) is 7.05 Å². The molecule has 0 unspecified atom stereocenters. The molecule has 1 aromatic carbocycles. The molecule has 0 aliphatic carbocycles. The molecule has 0 saturated heterocycles. The highest BCUT2D eigenvalue weighted by atomic mass is 16.6. The Kier molecular flexibility index (Phi) is 4.52. The quantitative estimate of drug-likeness (QED) is 0.883. The first kappa shape index (κ1) is 17.1. The monoisotopic (exact) mass is 345 g/mol. The van der Waals surface area contributed by atoms with Crippen molar-refractivity contribution >= 4 is 6.03 Å². The third-order valence-corrected chi connectivity index (χ3v) is 4.17. The zero-order valence-corrected chi connectivity index (χ0v) is 14.9. The molecule has 8 nitrogen and oxygen atoms in total. The minimum Gasteiger partial charge on any atom is -0.486 e. The number of nitrogens with one attached hydrogen (secondary N) is 2.